The Bertz CT molecular complexity index is 2240. The first-order valence-electron chi connectivity index (χ1n) is 17.9. The van der Waals surface area contributed by atoms with Crippen LogP contribution in [0.3, 0.4) is 0 Å². The van der Waals surface area contributed by atoms with Gasteiger partial charge in [-0.1, -0.05) is 188 Å². The SMILES string of the molecule is O=C(O)C(=O)C=CC=C(O)c1ccccc1.O=O.O=O.O[C@@H]1C(c2ccccc2)=CC=C[C@@H]1O.Oc1cccc(-c2ccccc2)c1O.c1ccc(-c2ccccc2)cc1. The van der Waals surface area contributed by atoms with Crippen molar-refractivity contribution in [2.24, 2.45) is 0 Å². The van der Waals surface area contributed by atoms with Gasteiger partial charge >= 0.3 is 5.97 Å². The van der Waals surface area contributed by atoms with Crippen LogP contribution in [0, 0.1) is 19.9 Å². The molecule has 0 aromatic heterocycles. The third-order valence-corrected chi connectivity index (χ3v) is 8.10. The smallest absolute Gasteiger partial charge is 0.376 e. The Hall–Kier alpha value is -8.06. The number of hydrogen-bond donors (Lipinski definition) is 6. The van der Waals surface area contributed by atoms with Crippen molar-refractivity contribution in [2.75, 3.05) is 0 Å². The molecule has 7 rings (SSSR count). The molecule has 6 aromatic carbocycles. The molecule has 0 unspecified atom stereocenters. The minimum Gasteiger partial charge on any atom is -0.507 e. The minimum atomic E-state index is -1.52. The van der Waals surface area contributed by atoms with Crippen LogP contribution in [-0.4, -0.2) is 54.6 Å². The Labute approximate surface area is 345 Å². The van der Waals surface area contributed by atoms with Crippen LogP contribution in [0.2, 0.25) is 0 Å². The number of rotatable bonds is 7. The van der Waals surface area contributed by atoms with Crippen molar-refractivity contribution in [3.8, 4) is 33.8 Å². The fourth-order valence-corrected chi connectivity index (χ4v) is 5.20. The van der Waals surface area contributed by atoms with Crippen molar-refractivity contribution in [3.05, 3.63) is 237 Å². The van der Waals surface area contributed by atoms with E-state index in [2.05, 4.69) is 48.5 Å². The number of allylic oxidation sites excluding steroid dienone is 4. The van der Waals surface area contributed by atoms with Crippen molar-refractivity contribution >= 4 is 23.1 Å². The molecular formula is C48H42O12. The number of aromatic hydroxyl groups is 2. The number of hydrogen-bond acceptors (Lipinski definition) is 11. The van der Waals surface area contributed by atoms with Gasteiger partial charge in [0, 0.05) is 31.0 Å². The van der Waals surface area contributed by atoms with Crippen molar-refractivity contribution < 1.29 is 40.2 Å². The van der Waals surface area contributed by atoms with Crippen LogP contribution in [-0.2, 0) is 9.59 Å². The molecule has 2 atom stereocenters. The number of ketones is 1. The van der Waals surface area contributed by atoms with E-state index in [9.17, 15) is 35.1 Å². The van der Waals surface area contributed by atoms with Crippen LogP contribution in [0.15, 0.2) is 206 Å². The predicted molar refractivity (Wildman–Crippen MR) is 235 cm³/mol. The second-order valence-electron chi connectivity index (χ2n) is 12.0. The number of aliphatic hydroxyl groups is 3. The maximum absolute atomic E-state index is 10.7. The number of carboxylic acids is 1. The second-order valence-corrected chi connectivity index (χ2v) is 12.0. The number of carbonyl (C=O) groups excluding carboxylic acids is 1. The van der Waals surface area contributed by atoms with Crippen LogP contribution >= 0.6 is 0 Å². The van der Waals surface area contributed by atoms with Gasteiger partial charge in [-0.25, -0.2) is 4.79 Å². The topological polar surface area (TPSA) is 224 Å². The lowest BCUT2D eigenvalue weighted by Gasteiger charge is -2.21. The van der Waals surface area contributed by atoms with E-state index in [1.165, 1.54) is 29.3 Å². The Morgan fingerprint density at radius 3 is 1.42 bits per heavy atom. The van der Waals surface area contributed by atoms with Gasteiger partial charge in [-0.15, -0.1) is 0 Å². The van der Waals surface area contributed by atoms with Crippen LogP contribution in [0.5, 0.6) is 11.5 Å². The molecule has 0 spiro atoms. The Morgan fingerprint density at radius 1 is 0.517 bits per heavy atom. The lowest BCUT2D eigenvalue weighted by molar-refractivity contribution is -0.146. The average Bonchev–Trinajstić information content (AvgIpc) is 3.31. The molecule has 1 aliphatic rings. The van der Waals surface area contributed by atoms with E-state index >= 15 is 0 Å². The van der Waals surface area contributed by atoms with Gasteiger partial charge < -0.3 is 30.6 Å². The summed E-state index contributed by atoms with van der Waals surface area (Å²) < 4.78 is 0. The summed E-state index contributed by atoms with van der Waals surface area (Å²) in [5, 5.41) is 55.9. The highest BCUT2D eigenvalue weighted by Gasteiger charge is 2.21. The van der Waals surface area contributed by atoms with Crippen LogP contribution < -0.4 is 0 Å². The molecule has 12 nitrogen and oxygen atoms in total. The predicted octanol–water partition coefficient (Wildman–Crippen LogP) is 9.41. The molecule has 6 aromatic rings. The van der Waals surface area contributed by atoms with Crippen LogP contribution in [0.25, 0.3) is 33.6 Å². The molecule has 0 heterocycles. The lowest BCUT2D eigenvalue weighted by atomic mass is 9.93. The van der Waals surface area contributed by atoms with E-state index in [4.69, 9.17) is 25.0 Å². The fourth-order valence-electron chi connectivity index (χ4n) is 5.20. The molecule has 0 saturated carbocycles. The van der Waals surface area contributed by atoms with Gasteiger partial charge in [-0.2, -0.15) is 0 Å². The van der Waals surface area contributed by atoms with Gasteiger partial charge in [-0.05, 0) is 46.0 Å². The molecule has 0 bridgehead atoms. The van der Waals surface area contributed by atoms with Gasteiger partial charge in [0.2, 0.25) is 0 Å². The van der Waals surface area contributed by atoms with Crippen molar-refractivity contribution in [3.63, 3.8) is 0 Å². The van der Waals surface area contributed by atoms with E-state index in [1.54, 1.807) is 54.6 Å². The number of carbonyl (C=O) groups is 2. The standard InChI is InChI=1S/C12H10O4.C12H12O2.C12H10O2.C12H10.2O2/c13-10(9-5-2-1-3-6-9)7-4-8-11(14)12(15)16;2*13-11-8-4-7-10(12(11)14)9-5-2-1-3-6-9;1-3-7-11(8-4-1)12-9-5-2-6-10-12;2*1-2/h1-8,13H,(H,15,16);1-8,11-14H;1-8,13-14H;1-10H;;/t;11-,12+;;;;/m.0..../s1. The summed E-state index contributed by atoms with van der Waals surface area (Å²) in [5.41, 5.74) is 6.39. The molecule has 0 saturated heterocycles. The van der Waals surface area contributed by atoms with Crippen LogP contribution in [0.4, 0.5) is 0 Å². The largest absolute Gasteiger partial charge is 0.507 e. The summed E-state index contributed by atoms with van der Waals surface area (Å²) >= 11 is 0. The number of benzene rings is 6. The highest BCUT2D eigenvalue weighted by atomic mass is 16.7. The molecule has 12 heteroatoms. The summed E-state index contributed by atoms with van der Waals surface area (Å²) in [6, 6.07) is 53.4. The average molecular weight is 811 g/mol. The number of carboxylic acid groups (broad SMARTS) is 1. The summed E-state index contributed by atoms with van der Waals surface area (Å²) in [4.78, 5) is 48.8. The summed E-state index contributed by atoms with van der Waals surface area (Å²) in [6.07, 6.45) is 6.89. The zero-order valence-corrected chi connectivity index (χ0v) is 31.9. The molecule has 6 N–H and O–H groups in total. The van der Waals surface area contributed by atoms with Crippen molar-refractivity contribution in [1.29, 1.82) is 0 Å². The highest BCUT2D eigenvalue weighted by Crippen LogP contribution is 2.35. The minimum absolute atomic E-state index is 0.0324. The summed E-state index contributed by atoms with van der Waals surface area (Å²) in [6.45, 7) is 0. The van der Waals surface area contributed by atoms with Gasteiger partial charge in [-0.3, -0.25) is 4.79 Å². The Kier molecular flexibility index (Phi) is 22.1. The van der Waals surface area contributed by atoms with Gasteiger partial charge in [0.05, 0.1) is 0 Å². The van der Waals surface area contributed by atoms with E-state index in [1.807, 2.05) is 78.9 Å². The monoisotopic (exact) mass is 810 g/mol. The normalized spacial score (nSPS) is 13.6. The molecule has 0 aliphatic heterocycles. The molecule has 0 fully saturated rings. The second kappa shape index (κ2) is 27.5. The fraction of sp³-hybridized carbons (Fsp3) is 0.0417. The molecule has 1 aliphatic carbocycles. The summed E-state index contributed by atoms with van der Waals surface area (Å²) in [7, 11) is 0. The highest BCUT2D eigenvalue weighted by molar-refractivity contribution is 6.37. The number of phenols is 2. The molecule has 60 heavy (non-hydrogen) atoms. The first-order valence-corrected chi connectivity index (χ1v) is 17.9. The van der Waals surface area contributed by atoms with E-state index in [-0.39, 0.29) is 17.3 Å². The first-order chi connectivity index (χ1) is 29.2. The molecule has 306 valence electrons. The lowest BCUT2D eigenvalue weighted by Crippen LogP contribution is -2.26. The Morgan fingerprint density at radius 2 is 0.950 bits per heavy atom. The van der Waals surface area contributed by atoms with Crippen LogP contribution in [0.1, 0.15) is 11.1 Å². The zero-order valence-electron chi connectivity index (χ0n) is 31.9. The van der Waals surface area contributed by atoms with Gasteiger partial charge in [0.25, 0.3) is 5.78 Å². The zero-order chi connectivity index (χ0) is 44.1. The Balaban J connectivity index is 0.000000269. The number of aliphatic hydroxyl groups excluding tert-OH is 3. The number of phenolic OH excluding ortho intramolecular Hbond substituents is 2. The number of aliphatic carboxylic acids is 1. The molecule has 0 amide bonds. The maximum atomic E-state index is 10.7. The maximum Gasteiger partial charge on any atom is 0.376 e. The molecular weight excluding hydrogens is 769 g/mol. The first kappa shape index (κ1) is 48.1. The quantitative estimate of drug-likeness (QED) is 0.0292. The molecule has 0 radical (unpaired) electrons. The van der Waals surface area contributed by atoms with Gasteiger partial charge in [0.15, 0.2) is 11.5 Å². The van der Waals surface area contributed by atoms with E-state index < -0.39 is 24.0 Å². The van der Waals surface area contributed by atoms with Crippen molar-refractivity contribution in [2.45, 2.75) is 12.2 Å². The number of para-hydroxylation sites is 1. The third-order valence-electron chi connectivity index (χ3n) is 8.10. The van der Waals surface area contributed by atoms with Gasteiger partial charge in [0.1, 0.15) is 18.0 Å². The van der Waals surface area contributed by atoms with E-state index in [0.717, 1.165) is 22.8 Å². The van der Waals surface area contributed by atoms with E-state index in [0.29, 0.717) is 11.1 Å². The van der Waals surface area contributed by atoms with Crippen molar-refractivity contribution in [1.82, 2.24) is 0 Å². The third kappa shape index (κ3) is 16.2. The summed E-state index contributed by atoms with van der Waals surface area (Å²) in [5.74, 6) is -2.75.